The number of ether oxygens (including phenoxy) is 1. The molecule has 0 saturated carbocycles. The van der Waals surface area contributed by atoms with Crippen LogP contribution in [0.4, 0.5) is 0 Å². The van der Waals surface area contributed by atoms with Gasteiger partial charge in [0, 0.05) is 11.4 Å². The van der Waals surface area contributed by atoms with Crippen LogP contribution in [-0.4, -0.2) is 54.6 Å². The molecule has 1 rings (SSSR count). The van der Waals surface area contributed by atoms with Crippen LogP contribution in [0.2, 0.25) is 0 Å². The highest BCUT2D eigenvalue weighted by molar-refractivity contribution is 6.11. The lowest BCUT2D eigenvalue weighted by atomic mass is 9.76. The molecule has 68 valence electrons. The first-order chi connectivity index (χ1) is 5.56. The summed E-state index contributed by atoms with van der Waals surface area (Å²) in [6.07, 6.45) is -1.52. The van der Waals surface area contributed by atoms with Gasteiger partial charge in [0.1, 0.15) is 7.85 Å². The monoisotopic (exact) mass is 172 g/mol. The Labute approximate surface area is 72.6 Å². The lowest BCUT2D eigenvalue weighted by Crippen LogP contribution is -2.43. The topological polar surface area (TPSA) is 69.9 Å². The van der Waals surface area contributed by atoms with E-state index < -0.39 is 23.6 Å². The van der Waals surface area contributed by atoms with Crippen LogP contribution >= 0.6 is 0 Å². The van der Waals surface area contributed by atoms with Gasteiger partial charge in [-0.05, 0) is 0 Å². The van der Waals surface area contributed by atoms with Crippen molar-refractivity contribution in [2.45, 2.75) is 25.1 Å². The Balaban J connectivity index is 2.80. The van der Waals surface area contributed by atoms with Gasteiger partial charge in [-0.2, -0.15) is 0 Å². The molecule has 0 aliphatic carbocycles. The summed E-state index contributed by atoms with van der Waals surface area (Å²) in [5.41, 5.74) is -0.853. The molecule has 0 spiro atoms. The lowest BCUT2D eigenvalue weighted by Gasteiger charge is -2.29. The fourth-order valence-electron chi connectivity index (χ4n) is 1.43. The Bertz CT molecular complexity index is 165. The highest BCUT2D eigenvalue weighted by Crippen LogP contribution is 2.36. The van der Waals surface area contributed by atoms with Crippen LogP contribution < -0.4 is 0 Å². The summed E-state index contributed by atoms with van der Waals surface area (Å²) in [4.78, 5) is 0. The molecule has 4 atom stereocenters. The molecule has 3 N–H and O–H groups in total. The largest absolute Gasteiger partial charge is 0.396 e. The summed E-state index contributed by atoms with van der Waals surface area (Å²) >= 11 is 0. The Hall–Kier alpha value is -0.0951. The third-order valence-electron chi connectivity index (χ3n) is 2.55. The fraction of sp³-hybridized carbons (Fsp3) is 1.00. The molecule has 1 saturated heterocycles. The van der Waals surface area contributed by atoms with Crippen LogP contribution in [0.1, 0.15) is 6.92 Å². The third-order valence-corrected chi connectivity index (χ3v) is 2.55. The van der Waals surface area contributed by atoms with E-state index in [1.165, 1.54) is 0 Å². The second-order valence-corrected chi connectivity index (χ2v) is 3.38. The Morgan fingerprint density at radius 2 is 2.08 bits per heavy atom. The van der Waals surface area contributed by atoms with Crippen LogP contribution in [0.15, 0.2) is 0 Å². The zero-order valence-corrected chi connectivity index (χ0v) is 6.97. The molecular formula is C7H13BO4. The van der Waals surface area contributed by atoms with Gasteiger partial charge in [-0.15, -0.1) is 0 Å². The first-order valence-corrected chi connectivity index (χ1v) is 3.87. The second-order valence-electron chi connectivity index (χ2n) is 3.38. The average molecular weight is 172 g/mol. The third kappa shape index (κ3) is 1.27. The van der Waals surface area contributed by atoms with Crippen molar-refractivity contribution in [3.63, 3.8) is 0 Å². The van der Waals surface area contributed by atoms with Crippen molar-refractivity contribution in [1.82, 2.24) is 0 Å². The van der Waals surface area contributed by atoms with E-state index in [-0.39, 0.29) is 13.2 Å². The van der Waals surface area contributed by atoms with Crippen LogP contribution in [0, 0.1) is 5.41 Å². The number of aliphatic hydroxyl groups is 3. The average Bonchev–Trinajstić information content (AvgIpc) is 2.30. The molecule has 0 aromatic heterocycles. The molecule has 1 heterocycles. The van der Waals surface area contributed by atoms with E-state index in [0.29, 0.717) is 0 Å². The highest BCUT2D eigenvalue weighted by Gasteiger charge is 2.50. The van der Waals surface area contributed by atoms with E-state index in [4.69, 9.17) is 22.8 Å². The summed E-state index contributed by atoms with van der Waals surface area (Å²) in [6.45, 7) is 1.13. The zero-order valence-electron chi connectivity index (χ0n) is 6.97. The molecule has 0 aromatic carbocycles. The first-order valence-electron chi connectivity index (χ1n) is 3.87. The molecule has 2 radical (unpaired) electrons. The van der Waals surface area contributed by atoms with E-state index >= 15 is 0 Å². The molecule has 1 aliphatic rings. The first kappa shape index (κ1) is 9.99. The van der Waals surface area contributed by atoms with Crippen molar-refractivity contribution < 1.29 is 20.1 Å². The summed E-state index contributed by atoms with van der Waals surface area (Å²) in [5, 5.41) is 27.4. The van der Waals surface area contributed by atoms with E-state index in [1.807, 2.05) is 0 Å². The van der Waals surface area contributed by atoms with Gasteiger partial charge in [-0.3, -0.25) is 0 Å². The van der Waals surface area contributed by atoms with Gasteiger partial charge in [-0.1, -0.05) is 6.92 Å². The smallest absolute Gasteiger partial charge is 0.112 e. The Morgan fingerprint density at radius 3 is 2.42 bits per heavy atom. The van der Waals surface area contributed by atoms with Gasteiger partial charge in [0.15, 0.2) is 0 Å². The van der Waals surface area contributed by atoms with Gasteiger partial charge in [0.05, 0.1) is 25.4 Å². The van der Waals surface area contributed by atoms with Crippen molar-refractivity contribution in [3.05, 3.63) is 0 Å². The molecular weight excluding hydrogens is 159 g/mol. The molecule has 1 fully saturated rings. The summed E-state index contributed by atoms with van der Waals surface area (Å²) in [7, 11) is 5.40. The SMILES string of the molecule is [B]C1OC(CO)[C@@](C)(CO)C1O. The van der Waals surface area contributed by atoms with Gasteiger partial charge < -0.3 is 20.1 Å². The lowest BCUT2D eigenvalue weighted by molar-refractivity contribution is -0.0300. The zero-order chi connectivity index (χ0) is 9.35. The maximum atomic E-state index is 9.50. The molecule has 5 heteroatoms. The predicted octanol–water partition coefficient (Wildman–Crippen LogP) is -1.77. The van der Waals surface area contributed by atoms with Gasteiger partial charge in [-0.25, -0.2) is 0 Å². The fourth-order valence-corrected chi connectivity index (χ4v) is 1.43. The summed E-state index contributed by atoms with van der Waals surface area (Å²) in [5.74, 6) is 0. The number of rotatable bonds is 2. The van der Waals surface area contributed by atoms with Crippen molar-refractivity contribution in [1.29, 1.82) is 0 Å². The van der Waals surface area contributed by atoms with Crippen LogP contribution in [0.25, 0.3) is 0 Å². The maximum absolute atomic E-state index is 9.50. The summed E-state index contributed by atoms with van der Waals surface area (Å²) in [6, 6.07) is -0.820. The van der Waals surface area contributed by atoms with E-state index in [9.17, 15) is 5.11 Å². The minimum atomic E-state index is -0.931. The quantitative estimate of drug-likeness (QED) is 0.431. The van der Waals surface area contributed by atoms with Crippen molar-refractivity contribution in [2.75, 3.05) is 13.2 Å². The Morgan fingerprint density at radius 1 is 1.50 bits per heavy atom. The number of aliphatic hydroxyl groups excluding tert-OH is 3. The number of hydrogen-bond acceptors (Lipinski definition) is 4. The van der Waals surface area contributed by atoms with Crippen LogP contribution in [0.5, 0.6) is 0 Å². The van der Waals surface area contributed by atoms with Crippen molar-refractivity contribution >= 4 is 7.85 Å². The highest BCUT2D eigenvalue weighted by atomic mass is 16.5. The van der Waals surface area contributed by atoms with E-state index in [1.54, 1.807) is 6.92 Å². The molecule has 1 aliphatic heterocycles. The van der Waals surface area contributed by atoms with Crippen LogP contribution in [0.3, 0.4) is 0 Å². The minimum absolute atomic E-state index is 0.248. The molecule has 12 heavy (non-hydrogen) atoms. The predicted molar refractivity (Wildman–Crippen MR) is 42.7 cm³/mol. The second kappa shape index (κ2) is 3.34. The molecule has 4 nitrogen and oxygen atoms in total. The standard InChI is InChI=1S/C7H13BO4/c1-7(3-10)4(2-9)12-6(8)5(7)11/h4-6,9-11H,2-3H2,1H3/t4?,5?,6?,7-/m1/s1. The normalized spacial score (nSPS) is 48.2. The molecule has 3 unspecified atom stereocenters. The summed E-state index contributed by atoms with van der Waals surface area (Å²) < 4.78 is 5.05. The molecule has 0 amide bonds. The van der Waals surface area contributed by atoms with Gasteiger partial charge >= 0.3 is 0 Å². The van der Waals surface area contributed by atoms with Gasteiger partial charge in [0.25, 0.3) is 0 Å². The van der Waals surface area contributed by atoms with Gasteiger partial charge in [0.2, 0.25) is 0 Å². The van der Waals surface area contributed by atoms with E-state index in [0.717, 1.165) is 0 Å². The minimum Gasteiger partial charge on any atom is -0.396 e. The number of hydrogen-bond donors (Lipinski definition) is 3. The van der Waals surface area contributed by atoms with Crippen molar-refractivity contribution in [3.8, 4) is 0 Å². The Kier molecular flexibility index (Phi) is 2.78. The van der Waals surface area contributed by atoms with Crippen molar-refractivity contribution in [2.24, 2.45) is 5.41 Å². The van der Waals surface area contributed by atoms with E-state index in [2.05, 4.69) is 0 Å². The van der Waals surface area contributed by atoms with Crippen LogP contribution in [-0.2, 0) is 4.74 Å². The molecule has 0 bridgehead atoms. The maximum Gasteiger partial charge on any atom is 0.112 e. The molecule has 0 aromatic rings.